The largest absolute Gasteiger partial charge is 0.398 e. The first-order chi connectivity index (χ1) is 9.29. The summed E-state index contributed by atoms with van der Waals surface area (Å²) in [5.74, 6) is 0. The van der Waals surface area contributed by atoms with Crippen molar-refractivity contribution >= 4 is 43.0 Å². The number of aryl methyl sites for hydroxylation is 2. The second kappa shape index (κ2) is 5.80. The van der Waals surface area contributed by atoms with Gasteiger partial charge in [0.1, 0.15) is 5.01 Å². The van der Waals surface area contributed by atoms with Gasteiger partial charge in [-0.05, 0) is 47.5 Å². The van der Waals surface area contributed by atoms with E-state index in [1.807, 2.05) is 12.3 Å². The second-order valence-electron chi connectivity index (χ2n) is 4.35. The van der Waals surface area contributed by atoms with Crippen molar-refractivity contribution in [2.45, 2.75) is 25.3 Å². The summed E-state index contributed by atoms with van der Waals surface area (Å²) in [5, 5.41) is 2.61. The monoisotopic (exact) mass is 375 g/mol. The van der Waals surface area contributed by atoms with Crippen LogP contribution in [-0.4, -0.2) is 13.4 Å². The van der Waals surface area contributed by atoms with Crippen LogP contribution in [0.1, 0.15) is 16.3 Å². The summed E-state index contributed by atoms with van der Waals surface area (Å²) < 4.78 is 27.8. The fourth-order valence-corrected chi connectivity index (χ4v) is 4.18. The molecule has 0 saturated carbocycles. The van der Waals surface area contributed by atoms with Crippen LogP contribution in [0.2, 0.25) is 0 Å². The van der Waals surface area contributed by atoms with Gasteiger partial charge in [-0.1, -0.05) is 0 Å². The molecule has 1 heterocycles. The molecule has 1 aromatic heterocycles. The van der Waals surface area contributed by atoms with E-state index in [2.05, 4.69) is 25.6 Å². The highest BCUT2D eigenvalue weighted by atomic mass is 79.9. The van der Waals surface area contributed by atoms with Crippen molar-refractivity contribution in [3.63, 3.8) is 0 Å². The second-order valence-corrected chi connectivity index (χ2v) is 7.88. The van der Waals surface area contributed by atoms with Crippen LogP contribution in [0.5, 0.6) is 0 Å². The van der Waals surface area contributed by atoms with Crippen molar-refractivity contribution in [1.29, 1.82) is 0 Å². The molecule has 0 unspecified atom stereocenters. The zero-order valence-electron chi connectivity index (χ0n) is 11.0. The molecule has 0 bridgehead atoms. The third-order valence-electron chi connectivity index (χ3n) is 2.66. The van der Waals surface area contributed by atoms with Crippen LogP contribution in [0.15, 0.2) is 26.9 Å². The lowest BCUT2D eigenvalue weighted by atomic mass is 10.2. The van der Waals surface area contributed by atoms with Gasteiger partial charge in [0.05, 0.1) is 11.4 Å². The topological polar surface area (TPSA) is 85.1 Å². The van der Waals surface area contributed by atoms with Gasteiger partial charge >= 0.3 is 0 Å². The van der Waals surface area contributed by atoms with Gasteiger partial charge in [0, 0.05) is 21.2 Å². The van der Waals surface area contributed by atoms with Crippen LogP contribution < -0.4 is 10.5 Å². The minimum Gasteiger partial charge on any atom is -0.398 e. The Morgan fingerprint density at radius 2 is 2.10 bits per heavy atom. The number of halogens is 1. The zero-order valence-corrected chi connectivity index (χ0v) is 14.2. The third-order valence-corrected chi connectivity index (χ3v) is 5.86. The lowest BCUT2D eigenvalue weighted by Crippen LogP contribution is -2.24. The van der Waals surface area contributed by atoms with E-state index in [0.717, 1.165) is 10.7 Å². The van der Waals surface area contributed by atoms with E-state index in [-0.39, 0.29) is 11.4 Å². The average molecular weight is 376 g/mol. The van der Waals surface area contributed by atoms with Crippen LogP contribution in [0.3, 0.4) is 0 Å². The number of hydrogen-bond acceptors (Lipinski definition) is 5. The smallest absolute Gasteiger partial charge is 0.241 e. The van der Waals surface area contributed by atoms with Gasteiger partial charge in [-0.3, -0.25) is 0 Å². The Morgan fingerprint density at radius 1 is 1.40 bits per heavy atom. The highest BCUT2D eigenvalue weighted by Gasteiger charge is 2.18. The molecule has 2 rings (SSSR count). The number of nitrogens with zero attached hydrogens (tertiary/aromatic N) is 1. The molecule has 0 atom stereocenters. The molecule has 0 saturated heterocycles. The Morgan fingerprint density at radius 3 is 2.70 bits per heavy atom. The molecular weight excluding hydrogens is 362 g/mol. The molecule has 2 aromatic rings. The molecule has 108 valence electrons. The SMILES string of the molecule is Cc1csc(CNS(=O)(=O)c2cc(N)c(Br)cc2C)n1. The number of nitrogens with two attached hydrogens (primary N) is 1. The molecule has 0 aliphatic rings. The lowest BCUT2D eigenvalue weighted by Gasteiger charge is -2.10. The van der Waals surface area contributed by atoms with E-state index >= 15 is 0 Å². The summed E-state index contributed by atoms with van der Waals surface area (Å²) in [6.07, 6.45) is 0. The molecule has 3 N–H and O–H groups in total. The number of nitrogens with one attached hydrogen (secondary N) is 1. The van der Waals surface area contributed by atoms with Crippen molar-refractivity contribution in [2.75, 3.05) is 5.73 Å². The molecule has 0 aliphatic carbocycles. The van der Waals surface area contributed by atoms with Gasteiger partial charge in [-0.25, -0.2) is 18.1 Å². The minimum atomic E-state index is -3.60. The minimum absolute atomic E-state index is 0.177. The van der Waals surface area contributed by atoms with E-state index in [0.29, 0.717) is 15.7 Å². The van der Waals surface area contributed by atoms with E-state index < -0.39 is 10.0 Å². The summed E-state index contributed by atoms with van der Waals surface area (Å²) >= 11 is 4.70. The fourth-order valence-electron chi connectivity index (χ4n) is 1.68. The summed E-state index contributed by atoms with van der Waals surface area (Å²) in [7, 11) is -3.60. The van der Waals surface area contributed by atoms with Crippen molar-refractivity contribution in [3.05, 3.63) is 38.3 Å². The molecule has 0 aliphatic heterocycles. The van der Waals surface area contributed by atoms with Gasteiger partial charge < -0.3 is 5.73 Å². The standard InChI is InChI=1S/C12H14BrN3O2S2/c1-7-3-9(13)10(14)4-11(7)20(17,18)15-5-12-16-8(2)6-19-12/h3-4,6,15H,5,14H2,1-2H3. The number of aromatic nitrogens is 1. The Hall–Kier alpha value is -0.960. The molecule has 8 heteroatoms. The Labute approximate surface area is 130 Å². The zero-order chi connectivity index (χ0) is 14.9. The number of nitrogen functional groups attached to an aromatic ring is 1. The number of hydrogen-bond donors (Lipinski definition) is 2. The number of benzene rings is 1. The summed E-state index contributed by atoms with van der Waals surface area (Å²) in [6, 6.07) is 3.15. The van der Waals surface area contributed by atoms with Crippen LogP contribution in [-0.2, 0) is 16.6 Å². The first kappa shape index (κ1) is 15.4. The Kier molecular flexibility index (Phi) is 4.48. The highest BCUT2D eigenvalue weighted by molar-refractivity contribution is 9.10. The molecule has 0 fully saturated rings. The molecule has 20 heavy (non-hydrogen) atoms. The van der Waals surface area contributed by atoms with Gasteiger partial charge in [-0.15, -0.1) is 11.3 Å². The first-order valence-electron chi connectivity index (χ1n) is 5.76. The fraction of sp³-hybridized carbons (Fsp3) is 0.250. The Balaban J connectivity index is 2.24. The number of rotatable bonds is 4. The normalized spacial score (nSPS) is 11.8. The van der Waals surface area contributed by atoms with Gasteiger partial charge in [0.25, 0.3) is 0 Å². The van der Waals surface area contributed by atoms with E-state index in [4.69, 9.17) is 5.73 Å². The predicted molar refractivity (Wildman–Crippen MR) is 84.2 cm³/mol. The van der Waals surface area contributed by atoms with E-state index in [9.17, 15) is 8.42 Å². The van der Waals surface area contributed by atoms with Crippen LogP contribution in [0.25, 0.3) is 0 Å². The first-order valence-corrected chi connectivity index (χ1v) is 8.91. The summed E-state index contributed by atoms with van der Waals surface area (Å²) in [4.78, 5) is 4.41. The van der Waals surface area contributed by atoms with Crippen molar-refractivity contribution < 1.29 is 8.42 Å². The van der Waals surface area contributed by atoms with E-state index in [1.165, 1.54) is 17.4 Å². The van der Waals surface area contributed by atoms with Crippen molar-refractivity contribution in [1.82, 2.24) is 9.71 Å². The quantitative estimate of drug-likeness (QED) is 0.804. The maximum atomic E-state index is 12.3. The number of anilines is 1. The predicted octanol–water partition coefficient (Wildman–Crippen LogP) is 2.58. The van der Waals surface area contributed by atoms with Crippen LogP contribution in [0, 0.1) is 13.8 Å². The molecule has 0 spiro atoms. The summed E-state index contributed by atoms with van der Waals surface area (Å²) in [5.41, 5.74) is 7.65. The number of thiazole rings is 1. The average Bonchev–Trinajstić information content (AvgIpc) is 2.77. The maximum absolute atomic E-state index is 12.3. The molecular formula is C12H14BrN3O2S2. The Bertz CT molecular complexity index is 741. The van der Waals surface area contributed by atoms with Gasteiger partial charge in [0.2, 0.25) is 10.0 Å². The van der Waals surface area contributed by atoms with Crippen molar-refractivity contribution in [3.8, 4) is 0 Å². The molecule has 0 radical (unpaired) electrons. The van der Waals surface area contributed by atoms with Gasteiger partial charge in [0.15, 0.2) is 0 Å². The highest BCUT2D eigenvalue weighted by Crippen LogP contribution is 2.26. The molecule has 1 aromatic carbocycles. The van der Waals surface area contributed by atoms with Crippen LogP contribution >= 0.6 is 27.3 Å². The lowest BCUT2D eigenvalue weighted by molar-refractivity contribution is 0.580. The summed E-state index contributed by atoms with van der Waals surface area (Å²) in [6.45, 7) is 3.77. The maximum Gasteiger partial charge on any atom is 0.241 e. The van der Waals surface area contributed by atoms with Crippen LogP contribution in [0.4, 0.5) is 5.69 Å². The molecule has 5 nitrogen and oxygen atoms in total. The molecule has 0 amide bonds. The third kappa shape index (κ3) is 3.38. The number of sulfonamides is 1. The van der Waals surface area contributed by atoms with Crippen molar-refractivity contribution in [2.24, 2.45) is 0 Å². The van der Waals surface area contributed by atoms with Gasteiger partial charge in [-0.2, -0.15) is 0 Å². The van der Waals surface area contributed by atoms with E-state index in [1.54, 1.807) is 13.0 Å².